The quantitative estimate of drug-likeness (QED) is 0.855. The van der Waals surface area contributed by atoms with Crippen LogP contribution in [0.15, 0.2) is 5.16 Å². The highest BCUT2D eigenvalue weighted by molar-refractivity contribution is 7.99. The standard InChI is InChI=1S/C13H19ClN4OS/c14-11-15-12(18-6-8-19-9-7-18)17-13(16-11)20-10-4-2-1-3-5-10/h10H,1-9H2. The largest absolute Gasteiger partial charge is 0.378 e. The summed E-state index contributed by atoms with van der Waals surface area (Å²) in [6, 6.07) is 0. The van der Waals surface area contributed by atoms with Crippen molar-refractivity contribution in [3.63, 3.8) is 0 Å². The van der Waals surface area contributed by atoms with Crippen LogP contribution in [0.2, 0.25) is 5.28 Å². The van der Waals surface area contributed by atoms with Gasteiger partial charge in [-0.15, -0.1) is 0 Å². The summed E-state index contributed by atoms with van der Waals surface area (Å²) in [5.74, 6) is 0.687. The molecule has 0 atom stereocenters. The van der Waals surface area contributed by atoms with Gasteiger partial charge in [-0.3, -0.25) is 0 Å². The molecule has 2 fully saturated rings. The van der Waals surface area contributed by atoms with Crippen molar-refractivity contribution >= 4 is 29.3 Å². The number of nitrogens with zero attached hydrogens (tertiary/aromatic N) is 4. The maximum Gasteiger partial charge on any atom is 0.230 e. The molecule has 20 heavy (non-hydrogen) atoms. The molecule has 0 unspecified atom stereocenters. The minimum Gasteiger partial charge on any atom is -0.378 e. The number of anilines is 1. The number of hydrogen-bond donors (Lipinski definition) is 0. The normalized spacial score (nSPS) is 21.1. The number of hydrogen-bond acceptors (Lipinski definition) is 6. The Morgan fingerprint density at radius 3 is 2.55 bits per heavy atom. The molecule has 1 saturated heterocycles. The molecule has 5 nitrogen and oxygen atoms in total. The Balaban J connectivity index is 1.71. The van der Waals surface area contributed by atoms with Crippen LogP contribution in [0.3, 0.4) is 0 Å². The zero-order valence-electron chi connectivity index (χ0n) is 11.4. The highest BCUT2D eigenvalue weighted by atomic mass is 35.5. The summed E-state index contributed by atoms with van der Waals surface area (Å²) in [6.07, 6.45) is 6.48. The van der Waals surface area contributed by atoms with Gasteiger partial charge in [-0.1, -0.05) is 31.0 Å². The van der Waals surface area contributed by atoms with Crippen LogP contribution in [0.25, 0.3) is 0 Å². The van der Waals surface area contributed by atoms with Crippen molar-refractivity contribution in [1.82, 2.24) is 15.0 Å². The lowest BCUT2D eigenvalue weighted by Crippen LogP contribution is -2.37. The Kier molecular flexibility index (Phi) is 4.96. The smallest absolute Gasteiger partial charge is 0.230 e. The lowest BCUT2D eigenvalue weighted by atomic mass is 10.0. The van der Waals surface area contributed by atoms with E-state index >= 15 is 0 Å². The average molecular weight is 315 g/mol. The molecule has 1 saturated carbocycles. The van der Waals surface area contributed by atoms with Gasteiger partial charge in [0.2, 0.25) is 11.2 Å². The van der Waals surface area contributed by atoms with Crippen LogP contribution in [0.1, 0.15) is 32.1 Å². The van der Waals surface area contributed by atoms with E-state index < -0.39 is 0 Å². The molecule has 0 N–H and O–H groups in total. The van der Waals surface area contributed by atoms with Crippen molar-refractivity contribution in [3.8, 4) is 0 Å². The molecule has 0 spiro atoms. The molecule has 110 valence electrons. The molecule has 3 rings (SSSR count). The third-order valence-electron chi connectivity index (χ3n) is 3.69. The van der Waals surface area contributed by atoms with Gasteiger partial charge in [0.15, 0.2) is 5.16 Å². The third-order valence-corrected chi connectivity index (χ3v) is 5.06. The number of aromatic nitrogens is 3. The van der Waals surface area contributed by atoms with Crippen molar-refractivity contribution in [3.05, 3.63) is 5.28 Å². The van der Waals surface area contributed by atoms with Gasteiger partial charge in [0.05, 0.1) is 13.2 Å². The summed E-state index contributed by atoms with van der Waals surface area (Å²) in [7, 11) is 0. The fourth-order valence-electron chi connectivity index (χ4n) is 2.61. The molecule has 2 aliphatic rings. The van der Waals surface area contributed by atoms with Crippen LogP contribution in [-0.2, 0) is 4.74 Å². The molecule has 0 bridgehead atoms. The monoisotopic (exact) mass is 314 g/mol. The highest BCUT2D eigenvalue weighted by Gasteiger charge is 2.19. The van der Waals surface area contributed by atoms with Crippen LogP contribution in [-0.4, -0.2) is 46.5 Å². The number of halogens is 1. The average Bonchev–Trinajstić information content (AvgIpc) is 2.49. The van der Waals surface area contributed by atoms with Crippen LogP contribution in [0.4, 0.5) is 5.95 Å². The fourth-order valence-corrected chi connectivity index (χ4v) is 3.96. The van der Waals surface area contributed by atoms with Gasteiger partial charge in [-0.05, 0) is 24.4 Å². The fraction of sp³-hybridized carbons (Fsp3) is 0.769. The van der Waals surface area contributed by atoms with Gasteiger partial charge >= 0.3 is 0 Å². The number of morpholine rings is 1. The summed E-state index contributed by atoms with van der Waals surface area (Å²) in [6.45, 7) is 3.06. The van der Waals surface area contributed by atoms with E-state index in [4.69, 9.17) is 16.3 Å². The first-order chi connectivity index (χ1) is 9.81. The zero-order valence-corrected chi connectivity index (χ0v) is 13.0. The predicted octanol–water partition coefficient (Wildman–Crippen LogP) is 2.79. The van der Waals surface area contributed by atoms with E-state index in [2.05, 4.69) is 19.9 Å². The maximum atomic E-state index is 6.05. The summed E-state index contributed by atoms with van der Waals surface area (Å²) in [5, 5.41) is 1.68. The molecule has 1 aliphatic carbocycles. The Labute approximate surface area is 128 Å². The Hall–Kier alpha value is -0.590. The molecule has 0 radical (unpaired) electrons. The SMILES string of the molecule is Clc1nc(SC2CCCCC2)nc(N2CCOCC2)n1. The first-order valence-electron chi connectivity index (χ1n) is 7.22. The van der Waals surface area contributed by atoms with E-state index in [-0.39, 0.29) is 0 Å². The van der Waals surface area contributed by atoms with E-state index in [1.165, 1.54) is 32.1 Å². The molecular weight excluding hydrogens is 296 g/mol. The third kappa shape index (κ3) is 3.74. The van der Waals surface area contributed by atoms with E-state index in [1.54, 1.807) is 11.8 Å². The van der Waals surface area contributed by atoms with Gasteiger partial charge in [0.25, 0.3) is 0 Å². The van der Waals surface area contributed by atoms with Crippen molar-refractivity contribution in [1.29, 1.82) is 0 Å². The highest BCUT2D eigenvalue weighted by Crippen LogP contribution is 2.32. The molecule has 7 heteroatoms. The molecule has 1 aliphatic heterocycles. The summed E-state index contributed by atoms with van der Waals surface area (Å²) >= 11 is 7.81. The van der Waals surface area contributed by atoms with Gasteiger partial charge in [0, 0.05) is 18.3 Å². The molecule has 2 heterocycles. The second-order valence-corrected chi connectivity index (χ2v) is 6.77. The number of rotatable bonds is 3. The maximum absolute atomic E-state index is 6.05. The van der Waals surface area contributed by atoms with Gasteiger partial charge in [-0.25, -0.2) is 0 Å². The molecule has 0 amide bonds. The van der Waals surface area contributed by atoms with Crippen LogP contribution in [0.5, 0.6) is 0 Å². The van der Waals surface area contributed by atoms with Crippen molar-refractivity contribution in [2.45, 2.75) is 42.5 Å². The van der Waals surface area contributed by atoms with E-state index in [9.17, 15) is 0 Å². The first kappa shape index (κ1) is 14.4. The minimum atomic E-state index is 0.291. The number of ether oxygens (including phenoxy) is 1. The van der Waals surface area contributed by atoms with Gasteiger partial charge in [-0.2, -0.15) is 15.0 Å². The van der Waals surface area contributed by atoms with Crippen molar-refractivity contribution < 1.29 is 4.74 Å². The van der Waals surface area contributed by atoms with Gasteiger partial charge < -0.3 is 9.64 Å². The minimum absolute atomic E-state index is 0.291. The van der Waals surface area contributed by atoms with Crippen molar-refractivity contribution in [2.75, 3.05) is 31.2 Å². The second kappa shape index (κ2) is 6.91. The van der Waals surface area contributed by atoms with E-state index in [0.717, 1.165) is 18.2 Å². The Morgan fingerprint density at radius 2 is 1.80 bits per heavy atom. The van der Waals surface area contributed by atoms with Gasteiger partial charge in [0.1, 0.15) is 0 Å². The van der Waals surface area contributed by atoms with Crippen molar-refractivity contribution in [2.24, 2.45) is 0 Å². The molecule has 0 aromatic carbocycles. The Morgan fingerprint density at radius 1 is 1.05 bits per heavy atom. The predicted molar refractivity (Wildman–Crippen MR) is 80.6 cm³/mol. The molecule has 1 aromatic heterocycles. The first-order valence-corrected chi connectivity index (χ1v) is 8.48. The number of thioether (sulfide) groups is 1. The lowest BCUT2D eigenvalue weighted by Gasteiger charge is -2.27. The zero-order chi connectivity index (χ0) is 13.8. The van der Waals surface area contributed by atoms with Crippen LogP contribution < -0.4 is 4.90 Å². The summed E-state index contributed by atoms with van der Waals surface area (Å²) < 4.78 is 5.35. The van der Waals surface area contributed by atoms with E-state index in [1.807, 2.05) is 0 Å². The second-order valence-electron chi connectivity index (χ2n) is 5.16. The lowest BCUT2D eigenvalue weighted by molar-refractivity contribution is 0.122. The summed E-state index contributed by atoms with van der Waals surface area (Å²) in [5.41, 5.74) is 0. The van der Waals surface area contributed by atoms with Crippen LogP contribution in [0, 0.1) is 0 Å². The van der Waals surface area contributed by atoms with E-state index in [0.29, 0.717) is 29.7 Å². The Bertz CT molecular complexity index is 450. The van der Waals surface area contributed by atoms with Crippen LogP contribution >= 0.6 is 23.4 Å². The summed E-state index contributed by atoms with van der Waals surface area (Å²) in [4.78, 5) is 15.2. The topological polar surface area (TPSA) is 51.1 Å². The molecule has 1 aromatic rings. The molecular formula is C13H19ClN4OS.